The molecule has 6 heteroatoms. The minimum absolute atomic E-state index is 0.0305. The maximum absolute atomic E-state index is 12.4. The zero-order chi connectivity index (χ0) is 20.8. The van der Waals surface area contributed by atoms with Crippen molar-refractivity contribution in [1.29, 1.82) is 0 Å². The first-order valence-corrected chi connectivity index (χ1v) is 10.4. The van der Waals surface area contributed by atoms with Crippen LogP contribution in [0.25, 0.3) is 6.08 Å². The molecule has 1 N–H and O–H groups in total. The minimum atomic E-state index is -0.258. The molecule has 2 aromatic rings. The Balaban J connectivity index is 1.19. The second kappa shape index (κ2) is 9.59. The molecule has 30 heavy (non-hydrogen) atoms. The van der Waals surface area contributed by atoms with Gasteiger partial charge in [0.15, 0.2) is 0 Å². The van der Waals surface area contributed by atoms with Gasteiger partial charge in [0.05, 0.1) is 13.2 Å². The van der Waals surface area contributed by atoms with Crippen LogP contribution in [-0.2, 0) is 22.6 Å². The van der Waals surface area contributed by atoms with E-state index in [1.165, 1.54) is 17.2 Å². The van der Waals surface area contributed by atoms with Crippen LogP contribution < -0.4 is 10.1 Å². The number of amides is 2. The monoisotopic (exact) mass is 405 g/mol. The summed E-state index contributed by atoms with van der Waals surface area (Å²) in [4.78, 5) is 28.6. The van der Waals surface area contributed by atoms with Gasteiger partial charge in [-0.2, -0.15) is 0 Å². The topological polar surface area (TPSA) is 61.9 Å². The lowest BCUT2D eigenvalue weighted by molar-refractivity contribution is -0.133. The first kappa shape index (κ1) is 20.2. The van der Waals surface area contributed by atoms with E-state index in [0.29, 0.717) is 13.1 Å². The lowest BCUT2D eigenvalue weighted by atomic mass is 10.1. The summed E-state index contributed by atoms with van der Waals surface area (Å²) >= 11 is 0. The van der Waals surface area contributed by atoms with Gasteiger partial charge in [0.2, 0.25) is 11.8 Å². The highest BCUT2D eigenvalue weighted by Crippen LogP contribution is 2.26. The molecule has 1 fully saturated rings. The second-order valence-corrected chi connectivity index (χ2v) is 7.66. The first-order valence-electron chi connectivity index (χ1n) is 10.4. The SMILES string of the molecule is O=C(/C=C/c1ccccc1)NCC(=O)N1CCN(Cc2ccc3c(c2)CCO3)CC1. The highest BCUT2D eigenvalue weighted by atomic mass is 16.5. The molecule has 0 aromatic heterocycles. The summed E-state index contributed by atoms with van der Waals surface area (Å²) in [6.45, 7) is 4.73. The Morgan fingerprint density at radius 2 is 1.83 bits per heavy atom. The molecule has 0 unspecified atom stereocenters. The quantitative estimate of drug-likeness (QED) is 0.748. The second-order valence-electron chi connectivity index (χ2n) is 7.66. The molecule has 0 bridgehead atoms. The molecule has 0 spiro atoms. The van der Waals surface area contributed by atoms with Gasteiger partial charge < -0.3 is 15.0 Å². The molecule has 0 aliphatic carbocycles. The zero-order valence-electron chi connectivity index (χ0n) is 17.0. The summed E-state index contributed by atoms with van der Waals surface area (Å²) < 4.78 is 5.57. The molecule has 2 amide bonds. The molecule has 0 atom stereocenters. The van der Waals surface area contributed by atoms with Crippen molar-refractivity contribution in [1.82, 2.24) is 15.1 Å². The number of ether oxygens (including phenoxy) is 1. The largest absolute Gasteiger partial charge is 0.493 e. The lowest BCUT2D eigenvalue weighted by Crippen LogP contribution is -2.50. The van der Waals surface area contributed by atoms with Crippen molar-refractivity contribution < 1.29 is 14.3 Å². The van der Waals surface area contributed by atoms with Crippen molar-refractivity contribution in [3.8, 4) is 5.75 Å². The maximum atomic E-state index is 12.4. The standard InChI is InChI=1S/C24H27N3O3/c28-23(9-7-19-4-2-1-3-5-19)25-17-24(29)27-13-11-26(12-14-27)18-20-6-8-22-21(16-20)10-15-30-22/h1-9,16H,10-15,17-18H2,(H,25,28)/b9-7+. The third-order valence-electron chi connectivity index (χ3n) is 5.53. The van der Waals surface area contributed by atoms with Gasteiger partial charge in [0, 0.05) is 45.2 Å². The van der Waals surface area contributed by atoms with Crippen LogP contribution in [0.5, 0.6) is 5.75 Å². The summed E-state index contributed by atoms with van der Waals surface area (Å²) in [7, 11) is 0. The van der Waals surface area contributed by atoms with Crippen LogP contribution in [0.4, 0.5) is 0 Å². The Bertz CT molecular complexity index is 919. The molecule has 4 rings (SSSR count). The Hall–Kier alpha value is -3.12. The average molecular weight is 405 g/mol. The lowest BCUT2D eigenvalue weighted by Gasteiger charge is -2.34. The first-order chi connectivity index (χ1) is 14.7. The molecule has 0 saturated carbocycles. The smallest absolute Gasteiger partial charge is 0.244 e. The van der Waals surface area contributed by atoms with E-state index < -0.39 is 0 Å². The van der Waals surface area contributed by atoms with Gasteiger partial charge in [-0.05, 0) is 28.8 Å². The molecule has 2 heterocycles. The van der Waals surface area contributed by atoms with Gasteiger partial charge in [-0.15, -0.1) is 0 Å². The van der Waals surface area contributed by atoms with Crippen LogP contribution in [0.1, 0.15) is 16.7 Å². The summed E-state index contributed by atoms with van der Waals surface area (Å²) in [5.41, 5.74) is 3.53. The van der Waals surface area contributed by atoms with Crippen molar-refractivity contribution in [2.24, 2.45) is 0 Å². The van der Waals surface area contributed by atoms with Crippen LogP contribution >= 0.6 is 0 Å². The molecule has 2 aromatic carbocycles. The number of piperazine rings is 1. The molecule has 1 saturated heterocycles. The number of nitrogens with zero attached hydrogens (tertiary/aromatic N) is 2. The number of fused-ring (bicyclic) bond motifs is 1. The average Bonchev–Trinajstić information content (AvgIpc) is 3.25. The van der Waals surface area contributed by atoms with Gasteiger partial charge >= 0.3 is 0 Å². The molecule has 2 aliphatic rings. The van der Waals surface area contributed by atoms with E-state index in [-0.39, 0.29) is 18.4 Å². The number of carbonyl (C=O) groups excluding carboxylic acids is 2. The Morgan fingerprint density at radius 1 is 1.03 bits per heavy atom. The number of carbonyl (C=O) groups is 2. The van der Waals surface area contributed by atoms with Gasteiger partial charge in [0.1, 0.15) is 5.75 Å². The highest BCUT2D eigenvalue weighted by Gasteiger charge is 2.21. The Morgan fingerprint density at radius 3 is 2.63 bits per heavy atom. The molecule has 2 aliphatic heterocycles. The zero-order valence-corrected chi connectivity index (χ0v) is 17.0. The number of hydrogen-bond donors (Lipinski definition) is 1. The molecule has 156 valence electrons. The Kier molecular flexibility index (Phi) is 6.44. The maximum Gasteiger partial charge on any atom is 0.244 e. The van der Waals surface area contributed by atoms with Gasteiger partial charge in [-0.25, -0.2) is 0 Å². The van der Waals surface area contributed by atoms with Crippen molar-refractivity contribution in [3.63, 3.8) is 0 Å². The van der Waals surface area contributed by atoms with Gasteiger partial charge in [-0.3, -0.25) is 14.5 Å². The normalized spacial score (nSPS) is 16.3. The number of hydrogen-bond acceptors (Lipinski definition) is 4. The van der Waals surface area contributed by atoms with Crippen LogP contribution in [0.2, 0.25) is 0 Å². The molecular formula is C24H27N3O3. The van der Waals surface area contributed by atoms with Crippen LogP contribution in [0, 0.1) is 0 Å². The van der Waals surface area contributed by atoms with E-state index in [9.17, 15) is 9.59 Å². The van der Waals surface area contributed by atoms with Crippen molar-refractivity contribution in [3.05, 3.63) is 71.3 Å². The summed E-state index contributed by atoms with van der Waals surface area (Å²) in [6, 6.07) is 16.0. The van der Waals surface area contributed by atoms with Crippen LogP contribution in [0.3, 0.4) is 0 Å². The molecule has 6 nitrogen and oxygen atoms in total. The van der Waals surface area contributed by atoms with Crippen LogP contribution in [-0.4, -0.2) is 60.9 Å². The predicted molar refractivity (Wildman–Crippen MR) is 116 cm³/mol. The van der Waals surface area contributed by atoms with Gasteiger partial charge in [-0.1, -0.05) is 42.5 Å². The molecular weight excluding hydrogens is 378 g/mol. The highest BCUT2D eigenvalue weighted by molar-refractivity contribution is 5.94. The van der Waals surface area contributed by atoms with E-state index in [4.69, 9.17) is 4.74 Å². The fraction of sp³-hybridized carbons (Fsp3) is 0.333. The van der Waals surface area contributed by atoms with Crippen LogP contribution in [0.15, 0.2) is 54.6 Å². The van der Waals surface area contributed by atoms with E-state index in [2.05, 4.69) is 28.4 Å². The number of benzene rings is 2. The minimum Gasteiger partial charge on any atom is -0.493 e. The summed E-state index contributed by atoms with van der Waals surface area (Å²) in [6.07, 6.45) is 4.18. The third-order valence-corrected chi connectivity index (χ3v) is 5.53. The van der Waals surface area contributed by atoms with E-state index in [0.717, 1.165) is 44.0 Å². The van der Waals surface area contributed by atoms with Crippen molar-refractivity contribution in [2.45, 2.75) is 13.0 Å². The van der Waals surface area contributed by atoms with E-state index >= 15 is 0 Å². The van der Waals surface area contributed by atoms with Gasteiger partial charge in [0.25, 0.3) is 0 Å². The number of nitrogens with one attached hydrogen (secondary N) is 1. The van der Waals surface area contributed by atoms with Crippen molar-refractivity contribution >= 4 is 17.9 Å². The van der Waals surface area contributed by atoms with E-state index in [1.807, 2.05) is 35.2 Å². The van der Waals surface area contributed by atoms with E-state index in [1.54, 1.807) is 6.08 Å². The summed E-state index contributed by atoms with van der Waals surface area (Å²) in [5.74, 6) is 0.715. The fourth-order valence-corrected chi connectivity index (χ4v) is 3.82. The molecule has 0 radical (unpaired) electrons. The number of rotatable bonds is 6. The fourth-order valence-electron chi connectivity index (χ4n) is 3.82. The Labute approximate surface area is 177 Å². The third kappa shape index (κ3) is 5.27. The van der Waals surface area contributed by atoms with Crippen molar-refractivity contribution in [2.75, 3.05) is 39.3 Å². The summed E-state index contributed by atoms with van der Waals surface area (Å²) in [5, 5.41) is 2.68. The predicted octanol–water partition coefficient (Wildman–Crippen LogP) is 2.10.